The van der Waals surface area contributed by atoms with Crippen LogP contribution in [0.25, 0.3) is 0 Å². The molecule has 1 N–H and O–H groups in total. The maximum atomic E-state index is 13.1. The summed E-state index contributed by atoms with van der Waals surface area (Å²) in [4.78, 5) is 25.8. The highest BCUT2D eigenvalue weighted by atomic mass is 32.2. The van der Waals surface area contributed by atoms with Crippen LogP contribution in [0.4, 0.5) is 13.2 Å². The Labute approximate surface area is 213 Å². The lowest BCUT2D eigenvalue weighted by molar-refractivity contribution is -0.142. The second-order valence-electron chi connectivity index (χ2n) is 9.39. The second-order valence-corrected chi connectivity index (χ2v) is 11.3. The van der Waals surface area contributed by atoms with Gasteiger partial charge in [-0.2, -0.15) is 17.5 Å². The van der Waals surface area contributed by atoms with Gasteiger partial charge in [-0.05, 0) is 55.3 Å². The number of carboxylic acid groups (broad SMARTS) is 1. The highest BCUT2D eigenvalue weighted by Crippen LogP contribution is 2.31. The molecule has 3 rings (SSSR count). The molecule has 8 nitrogen and oxygen atoms in total. The molecule has 1 aliphatic heterocycles. The van der Waals surface area contributed by atoms with E-state index >= 15 is 0 Å². The number of amides is 1. The molecule has 0 aromatic heterocycles. The summed E-state index contributed by atoms with van der Waals surface area (Å²) in [6.45, 7) is 4.35. The van der Waals surface area contributed by atoms with E-state index in [-0.39, 0.29) is 49.2 Å². The van der Waals surface area contributed by atoms with Crippen LogP contribution in [-0.2, 0) is 21.0 Å². The first-order valence-electron chi connectivity index (χ1n) is 11.6. The summed E-state index contributed by atoms with van der Waals surface area (Å²) in [5.74, 6) is -1.05. The number of carbonyl (C=O) groups excluding carboxylic acids is 1. The van der Waals surface area contributed by atoms with E-state index in [9.17, 15) is 31.2 Å². The Kier molecular flexibility index (Phi) is 8.53. The number of benzene rings is 2. The van der Waals surface area contributed by atoms with Crippen LogP contribution in [0.5, 0.6) is 5.75 Å². The number of hydrogen-bond acceptors (Lipinski definition) is 5. The van der Waals surface area contributed by atoms with Crippen molar-refractivity contribution in [1.29, 1.82) is 0 Å². The maximum absolute atomic E-state index is 13.1. The molecule has 1 aliphatic rings. The van der Waals surface area contributed by atoms with Gasteiger partial charge in [0.05, 0.1) is 22.6 Å². The monoisotopic (exact) mass is 542 g/mol. The van der Waals surface area contributed by atoms with Crippen LogP contribution in [0.15, 0.2) is 53.4 Å². The number of nitrogens with zero attached hydrogens (tertiary/aromatic N) is 2. The number of piperazine rings is 1. The molecule has 0 saturated carbocycles. The summed E-state index contributed by atoms with van der Waals surface area (Å²) in [6, 6.07) is 9.56. The van der Waals surface area contributed by atoms with Crippen LogP contribution in [0, 0.1) is 5.41 Å². The number of alkyl halides is 3. The van der Waals surface area contributed by atoms with Gasteiger partial charge in [0.15, 0.2) is 0 Å². The summed E-state index contributed by atoms with van der Waals surface area (Å²) in [5, 5.41) is 9.13. The SMILES string of the molecule is CC(C)(CCCOc1ccc(C(F)(F)F)cc1)C(=O)N1CCN(S(=O)(=O)c2cccc(C(=O)O)c2)CC1. The van der Waals surface area contributed by atoms with Crippen molar-refractivity contribution >= 4 is 21.9 Å². The number of carbonyl (C=O) groups is 2. The van der Waals surface area contributed by atoms with Crippen LogP contribution in [0.3, 0.4) is 0 Å². The third kappa shape index (κ3) is 7.01. The predicted octanol–water partition coefficient (Wildman–Crippen LogP) is 4.12. The molecular formula is C25H29F3N2O6S. The Bertz CT molecular complexity index is 1220. The third-order valence-corrected chi connectivity index (χ3v) is 8.11. The van der Waals surface area contributed by atoms with E-state index in [2.05, 4.69) is 0 Å². The van der Waals surface area contributed by atoms with Gasteiger partial charge in [-0.3, -0.25) is 4.79 Å². The van der Waals surface area contributed by atoms with Crippen molar-refractivity contribution in [3.63, 3.8) is 0 Å². The molecule has 0 spiro atoms. The van der Waals surface area contributed by atoms with Gasteiger partial charge in [0, 0.05) is 31.6 Å². The van der Waals surface area contributed by atoms with Crippen molar-refractivity contribution in [2.45, 2.75) is 37.8 Å². The Balaban J connectivity index is 1.50. The third-order valence-electron chi connectivity index (χ3n) is 6.22. The predicted molar refractivity (Wildman–Crippen MR) is 129 cm³/mol. The summed E-state index contributed by atoms with van der Waals surface area (Å²) in [7, 11) is -3.90. The number of sulfonamides is 1. The van der Waals surface area contributed by atoms with Gasteiger partial charge < -0.3 is 14.7 Å². The highest BCUT2D eigenvalue weighted by molar-refractivity contribution is 7.89. The lowest BCUT2D eigenvalue weighted by Gasteiger charge is -2.38. The molecule has 1 amide bonds. The molecule has 37 heavy (non-hydrogen) atoms. The smallest absolute Gasteiger partial charge is 0.416 e. The molecule has 2 aromatic rings. The Morgan fingerprint density at radius 2 is 1.62 bits per heavy atom. The van der Waals surface area contributed by atoms with Crippen molar-refractivity contribution in [3.05, 3.63) is 59.7 Å². The minimum Gasteiger partial charge on any atom is -0.494 e. The summed E-state index contributed by atoms with van der Waals surface area (Å²) < 4.78 is 70.6. The van der Waals surface area contributed by atoms with E-state index < -0.39 is 33.1 Å². The van der Waals surface area contributed by atoms with Gasteiger partial charge in [-0.15, -0.1) is 0 Å². The lowest BCUT2D eigenvalue weighted by atomic mass is 9.86. The first-order chi connectivity index (χ1) is 17.2. The fourth-order valence-electron chi connectivity index (χ4n) is 4.05. The number of halogens is 3. The molecule has 0 unspecified atom stereocenters. The second kappa shape index (κ2) is 11.1. The van der Waals surface area contributed by atoms with Crippen molar-refractivity contribution in [3.8, 4) is 5.75 Å². The molecule has 0 atom stereocenters. The molecule has 0 radical (unpaired) electrons. The van der Waals surface area contributed by atoms with Crippen LogP contribution in [0.2, 0.25) is 0 Å². The van der Waals surface area contributed by atoms with Gasteiger partial charge in [0.25, 0.3) is 0 Å². The number of ether oxygens (including phenoxy) is 1. The molecule has 0 bridgehead atoms. The zero-order valence-corrected chi connectivity index (χ0v) is 21.3. The fraction of sp³-hybridized carbons (Fsp3) is 0.440. The molecule has 0 aliphatic carbocycles. The Morgan fingerprint density at radius 3 is 2.19 bits per heavy atom. The molecule has 1 heterocycles. The van der Waals surface area contributed by atoms with E-state index in [0.29, 0.717) is 18.6 Å². The molecule has 1 saturated heterocycles. The fourth-order valence-corrected chi connectivity index (χ4v) is 5.52. The van der Waals surface area contributed by atoms with Crippen LogP contribution in [-0.4, -0.2) is 67.4 Å². The summed E-state index contributed by atoms with van der Waals surface area (Å²) >= 11 is 0. The van der Waals surface area contributed by atoms with Crippen molar-refractivity contribution in [2.24, 2.45) is 5.41 Å². The van der Waals surface area contributed by atoms with E-state index in [1.54, 1.807) is 18.7 Å². The first-order valence-corrected chi connectivity index (χ1v) is 13.1. The number of carboxylic acids is 1. The van der Waals surface area contributed by atoms with Crippen molar-refractivity contribution in [2.75, 3.05) is 32.8 Å². The summed E-state index contributed by atoms with van der Waals surface area (Å²) in [5.41, 5.74) is -1.63. The van der Waals surface area contributed by atoms with Crippen molar-refractivity contribution < 1.29 is 41.0 Å². The van der Waals surface area contributed by atoms with Gasteiger partial charge in [-0.1, -0.05) is 19.9 Å². The molecule has 1 fully saturated rings. The summed E-state index contributed by atoms with van der Waals surface area (Å²) in [6.07, 6.45) is -3.45. The zero-order valence-electron chi connectivity index (χ0n) is 20.5. The van der Waals surface area contributed by atoms with E-state index in [1.807, 2.05) is 0 Å². The van der Waals surface area contributed by atoms with Crippen molar-refractivity contribution in [1.82, 2.24) is 9.21 Å². The highest BCUT2D eigenvalue weighted by Gasteiger charge is 2.36. The van der Waals surface area contributed by atoms with Crippen LogP contribution < -0.4 is 4.74 Å². The standard InChI is InChI=1S/C25H29F3N2O6S/c1-24(2,11-4-16-36-20-9-7-19(8-10-20)25(26,27)28)23(33)29-12-14-30(15-13-29)37(34,35)21-6-3-5-18(17-21)22(31)32/h3,5-10,17H,4,11-16H2,1-2H3,(H,31,32). The number of rotatable bonds is 9. The molecule has 2 aromatic carbocycles. The first kappa shape index (κ1) is 28.5. The molecule has 12 heteroatoms. The maximum Gasteiger partial charge on any atom is 0.416 e. The van der Waals surface area contributed by atoms with E-state index in [4.69, 9.17) is 9.84 Å². The normalized spacial score (nSPS) is 15.4. The van der Waals surface area contributed by atoms with Crippen LogP contribution >= 0.6 is 0 Å². The quantitative estimate of drug-likeness (QED) is 0.478. The Morgan fingerprint density at radius 1 is 1.00 bits per heavy atom. The van der Waals surface area contributed by atoms with E-state index in [0.717, 1.165) is 18.2 Å². The average Bonchev–Trinajstić information content (AvgIpc) is 2.86. The van der Waals surface area contributed by atoms with Gasteiger partial charge in [-0.25, -0.2) is 13.2 Å². The molecular weight excluding hydrogens is 513 g/mol. The average molecular weight is 543 g/mol. The largest absolute Gasteiger partial charge is 0.494 e. The molecule has 202 valence electrons. The van der Waals surface area contributed by atoms with Gasteiger partial charge >= 0.3 is 12.1 Å². The van der Waals surface area contributed by atoms with E-state index in [1.165, 1.54) is 34.6 Å². The lowest BCUT2D eigenvalue weighted by Crippen LogP contribution is -2.53. The van der Waals surface area contributed by atoms with Gasteiger partial charge in [0.2, 0.25) is 15.9 Å². The zero-order chi connectivity index (χ0) is 27.4. The minimum atomic E-state index is -4.41. The Hall–Kier alpha value is -3.12. The minimum absolute atomic E-state index is 0.0818. The number of hydrogen-bond donors (Lipinski definition) is 1. The topological polar surface area (TPSA) is 104 Å². The van der Waals surface area contributed by atoms with Crippen LogP contribution in [0.1, 0.15) is 42.6 Å². The number of aromatic carboxylic acids is 1. The van der Waals surface area contributed by atoms with Gasteiger partial charge in [0.1, 0.15) is 5.75 Å².